The number of hydrogen-bond acceptors (Lipinski definition) is 4. The van der Waals surface area contributed by atoms with Gasteiger partial charge in [-0.25, -0.2) is 0 Å². The molecule has 1 saturated heterocycles. The molecule has 1 N–H and O–H groups in total. The summed E-state index contributed by atoms with van der Waals surface area (Å²) < 4.78 is 11.4. The summed E-state index contributed by atoms with van der Waals surface area (Å²) in [6, 6.07) is 1.02. The molecular weight excluding hydrogens is 234 g/mol. The van der Waals surface area contributed by atoms with Crippen LogP contribution in [-0.4, -0.2) is 42.1 Å². The summed E-state index contributed by atoms with van der Waals surface area (Å²) in [6.07, 6.45) is 4.02. The maximum absolute atomic E-state index is 5.69. The van der Waals surface area contributed by atoms with Crippen LogP contribution in [0.3, 0.4) is 0 Å². The first-order valence-corrected chi connectivity index (χ1v) is 7.81. The Morgan fingerprint density at radius 3 is 2.59 bits per heavy atom. The van der Waals surface area contributed by atoms with Gasteiger partial charge in [0.25, 0.3) is 0 Å². The molecule has 0 bridgehead atoms. The molecule has 2 atom stereocenters. The number of hydrogen-bond donors (Lipinski definition) is 1. The lowest BCUT2D eigenvalue weighted by molar-refractivity contribution is -0.253. The molecule has 4 heteroatoms. The number of thioether (sulfide) groups is 1. The Morgan fingerprint density at radius 2 is 1.94 bits per heavy atom. The molecule has 0 spiro atoms. The minimum absolute atomic E-state index is 0.367. The second-order valence-corrected chi connectivity index (χ2v) is 6.93. The second kappa shape index (κ2) is 5.91. The lowest BCUT2D eigenvalue weighted by Crippen LogP contribution is -2.52. The van der Waals surface area contributed by atoms with Gasteiger partial charge in [0.1, 0.15) is 0 Å². The Hall–Kier alpha value is 0.230. The summed E-state index contributed by atoms with van der Waals surface area (Å²) in [5.74, 6) is 0.818. The van der Waals surface area contributed by atoms with E-state index in [1.807, 2.05) is 13.8 Å². The topological polar surface area (TPSA) is 30.5 Å². The number of ether oxygens (including phenoxy) is 2. The molecule has 2 aliphatic rings. The maximum Gasteiger partial charge on any atom is 0.162 e. The summed E-state index contributed by atoms with van der Waals surface area (Å²) in [4.78, 5) is 0. The fraction of sp³-hybridized carbons (Fsp3) is 1.00. The fourth-order valence-corrected chi connectivity index (χ4v) is 3.83. The lowest BCUT2D eigenvalue weighted by atomic mass is 10.2. The fourth-order valence-electron chi connectivity index (χ4n) is 2.62. The first kappa shape index (κ1) is 13.7. The van der Waals surface area contributed by atoms with Crippen LogP contribution in [-0.2, 0) is 9.47 Å². The predicted molar refractivity (Wildman–Crippen MR) is 72.5 cm³/mol. The standard InChI is InChI=1S/C13H25NO2S/c1-4-17-12-7-5-6-11(12)14-10-8-15-13(2,3)16-9-10/h10-12,14H,4-9H2,1-3H3. The molecule has 0 aromatic rings. The third-order valence-corrected chi connectivity index (χ3v) is 4.87. The van der Waals surface area contributed by atoms with E-state index in [2.05, 4.69) is 24.0 Å². The van der Waals surface area contributed by atoms with E-state index in [1.165, 1.54) is 25.0 Å². The molecule has 1 saturated carbocycles. The van der Waals surface area contributed by atoms with Crippen LogP contribution in [0.5, 0.6) is 0 Å². The van der Waals surface area contributed by atoms with Gasteiger partial charge in [0.05, 0.1) is 19.3 Å². The van der Waals surface area contributed by atoms with Gasteiger partial charge < -0.3 is 14.8 Å². The first-order chi connectivity index (χ1) is 8.11. The van der Waals surface area contributed by atoms with Crippen LogP contribution in [0.15, 0.2) is 0 Å². The maximum atomic E-state index is 5.69. The largest absolute Gasteiger partial charge is 0.349 e. The molecule has 17 heavy (non-hydrogen) atoms. The van der Waals surface area contributed by atoms with Gasteiger partial charge in [0.15, 0.2) is 5.79 Å². The van der Waals surface area contributed by atoms with E-state index < -0.39 is 5.79 Å². The van der Waals surface area contributed by atoms with Crippen LogP contribution < -0.4 is 5.32 Å². The zero-order valence-electron chi connectivity index (χ0n) is 11.2. The van der Waals surface area contributed by atoms with Crippen molar-refractivity contribution in [3.63, 3.8) is 0 Å². The van der Waals surface area contributed by atoms with Crippen molar-refractivity contribution >= 4 is 11.8 Å². The highest BCUT2D eigenvalue weighted by Crippen LogP contribution is 2.30. The Balaban J connectivity index is 1.77. The van der Waals surface area contributed by atoms with E-state index in [-0.39, 0.29) is 0 Å². The molecule has 2 unspecified atom stereocenters. The highest BCUT2D eigenvalue weighted by Gasteiger charge is 2.33. The molecule has 0 aromatic carbocycles. The van der Waals surface area contributed by atoms with Crippen LogP contribution in [0.4, 0.5) is 0 Å². The van der Waals surface area contributed by atoms with Gasteiger partial charge in [-0.1, -0.05) is 13.3 Å². The highest BCUT2D eigenvalue weighted by atomic mass is 32.2. The van der Waals surface area contributed by atoms with E-state index >= 15 is 0 Å². The Morgan fingerprint density at radius 1 is 1.24 bits per heavy atom. The van der Waals surface area contributed by atoms with Crippen LogP contribution in [0.25, 0.3) is 0 Å². The molecule has 0 amide bonds. The Bertz CT molecular complexity index is 238. The van der Waals surface area contributed by atoms with E-state index in [0.717, 1.165) is 18.5 Å². The first-order valence-electron chi connectivity index (χ1n) is 6.76. The zero-order valence-corrected chi connectivity index (χ0v) is 12.0. The minimum atomic E-state index is -0.397. The predicted octanol–water partition coefficient (Wildman–Crippen LogP) is 2.40. The average Bonchev–Trinajstić information content (AvgIpc) is 2.70. The second-order valence-electron chi connectivity index (χ2n) is 5.42. The van der Waals surface area contributed by atoms with E-state index in [1.54, 1.807) is 0 Å². The quantitative estimate of drug-likeness (QED) is 0.840. The van der Waals surface area contributed by atoms with Crippen molar-refractivity contribution in [3.05, 3.63) is 0 Å². The SMILES string of the molecule is CCSC1CCCC1NC1COC(C)(C)OC1. The van der Waals surface area contributed by atoms with Crippen molar-refractivity contribution in [2.24, 2.45) is 0 Å². The molecule has 1 aliphatic carbocycles. The molecule has 0 aromatic heterocycles. The van der Waals surface area contributed by atoms with Crippen molar-refractivity contribution in [1.29, 1.82) is 0 Å². The van der Waals surface area contributed by atoms with Crippen LogP contribution in [0.1, 0.15) is 40.0 Å². The van der Waals surface area contributed by atoms with Crippen molar-refractivity contribution < 1.29 is 9.47 Å². The summed E-state index contributed by atoms with van der Waals surface area (Å²) in [5.41, 5.74) is 0. The van der Waals surface area contributed by atoms with E-state index in [9.17, 15) is 0 Å². The van der Waals surface area contributed by atoms with Gasteiger partial charge in [-0.3, -0.25) is 0 Å². The summed E-state index contributed by atoms with van der Waals surface area (Å²) >= 11 is 2.09. The van der Waals surface area contributed by atoms with Crippen molar-refractivity contribution in [1.82, 2.24) is 5.32 Å². The normalized spacial score (nSPS) is 34.1. The van der Waals surface area contributed by atoms with Crippen molar-refractivity contribution in [2.45, 2.75) is 63.2 Å². The lowest BCUT2D eigenvalue weighted by Gasteiger charge is -2.37. The van der Waals surface area contributed by atoms with Gasteiger partial charge in [-0.2, -0.15) is 11.8 Å². The summed E-state index contributed by atoms with van der Waals surface area (Å²) in [5, 5.41) is 4.51. The average molecular weight is 259 g/mol. The van der Waals surface area contributed by atoms with Crippen LogP contribution >= 0.6 is 11.8 Å². The van der Waals surface area contributed by atoms with Crippen LogP contribution in [0.2, 0.25) is 0 Å². The molecule has 1 heterocycles. The molecule has 0 radical (unpaired) electrons. The van der Waals surface area contributed by atoms with Crippen molar-refractivity contribution in [3.8, 4) is 0 Å². The third kappa shape index (κ3) is 3.85. The highest BCUT2D eigenvalue weighted by molar-refractivity contribution is 7.99. The van der Waals surface area contributed by atoms with E-state index in [4.69, 9.17) is 9.47 Å². The molecule has 2 fully saturated rings. The van der Waals surface area contributed by atoms with Gasteiger partial charge >= 0.3 is 0 Å². The molecule has 2 rings (SSSR count). The number of rotatable bonds is 4. The Labute approximate surface area is 109 Å². The minimum Gasteiger partial charge on any atom is -0.349 e. The van der Waals surface area contributed by atoms with Crippen molar-refractivity contribution in [2.75, 3.05) is 19.0 Å². The zero-order chi connectivity index (χ0) is 12.3. The van der Waals surface area contributed by atoms with E-state index in [0.29, 0.717) is 12.1 Å². The van der Waals surface area contributed by atoms with Crippen LogP contribution in [0, 0.1) is 0 Å². The monoisotopic (exact) mass is 259 g/mol. The smallest absolute Gasteiger partial charge is 0.162 e. The Kier molecular flexibility index (Phi) is 4.75. The molecule has 100 valence electrons. The number of nitrogens with one attached hydrogen (secondary N) is 1. The summed E-state index contributed by atoms with van der Waals surface area (Å²) in [7, 11) is 0. The summed E-state index contributed by atoms with van der Waals surface area (Å²) in [6.45, 7) is 7.75. The molecule has 3 nitrogen and oxygen atoms in total. The molecular formula is C13H25NO2S. The third-order valence-electron chi connectivity index (χ3n) is 3.55. The van der Waals surface area contributed by atoms with Gasteiger partial charge in [-0.15, -0.1) is 0 Å². The molecule has 1 aliphatic heterocycles. The van der Waals surface area contributed by atoms with Gasteiger partial charge in [-0.05, 0) is 32.4 Å². The van der Waals surface area contributed by atoms with Gasteiger partial charge in [0.2, 0.25) is 0 Å². The van der Waals surface area contributed by atoms with Gasteiger partial charge in [0, 0.05) is 11.3 Å².